The lowest BCUT2D eigenvalue weighted by Gasteiger charge is -2.08. The monoisotopic (exact) mass is 364 g/mol. The van der Waals surface area contributed by atoms with Crippen molar-refractivity contribution in [1.29, 1.82) is 0 Å². The summed E-state index contributed by atoms with van der Waals surface area (Å²) in [7, 11) is 0. The third-order valence-electron chi connectivity index (χ3n) is 3.76. The fourth-order valence-electron chi connectivity index (χ4n) is 2.50. The van der Waals surface area contributed by atoms with Gasteiger partial charge in [-0.2, -0.15) is 0 Å². The van der Waals surface area contributed by atoms with E-state index in [4.69, 9.17) is 4.74 Å². The van der Waals surface area contributed by atoms with Gasteiger partial charge in [-0.3, -0.25) is 20.2 Å². The summed E-state index contributed by atoms with van der Waals surface area (Å²) in [6, 6.07) is 2.49. The van der Waals surface area contributed by atoms with Crippen molar-refractivity contribution in [2.75, 3.05) is 0 Å². The Labute approximate surface area is 152 Å². The van der Waals surface area contributed by atoms with E-state index in [1.165, 1.54) is 18.2 Å². The van der Waals surface area contributed by atoms with Gasteiger partial charge in [0.1, 0.15) is 0 Å². The van der Waals surface area contributed by atoms with Gasteiger partial charge in [-0.05, 0) is 31.2 Å². The molecule has 1 aromatic carbocycles. The molecule has 0 N–H and O–H groups in total. The van der Waals surface area contributed by atoms with Crippen LogP contribution in [0.3, 0.4) is 0 Å². The van der Waals surface area contributed by atoms with Gasteiger partial charge < -0.3 is 4.74 Å². The first-order valence-corrected chi connectivity index (χ1v) is 8.56. The molecule has 0 aromatic heterocycles. The molecular formula is C18H24N2O6. The number of aryl methyl sites for hydroxylation is 1. The van der Waals surface area contributed by atoms with Crippen molar-refractivity contribution >= 4 is 17.3 Å². The number of unbranched alkanes of at least 4 members (excludes halogenated alkanes) is 2. The van der Waals surface area contributed by atoms with Gasteiger partial charge in [-0.15, -0.1) is 0 Å². The normalized spacial score (nSPS) is 11.1. The van der Waals surface area contributed by atoms with Crippen LogP contribution in [0.5, 0.6) is 5.75 Å². The molecule has 142 valence electrons. The predicted molar refractivity (Wildman–Crippen MR) is 97.2 cm³/mol. The van der Waals surface area contributed by atoms with E-state index in [2.05, 4.69) is 13.8 Å². The Bertz CT molecular complexity index is 662. The number of benzene rings is 1. The fraction of sp³-hybridized carbons (Fsp3) is 0.500. The van der Waals surface area contributed by atoms with Gasteiger partial charge >= 0.3 is 17.3 Å². The molecule has 0 amide bonds. The van der Waals surface area contributed by atoms with E-state index in [0.29, 0.717) is 17.9 Å². The van der Waals surface area contributed by atoms with Crippen molar-refractivity contribution in [3.63, 3.8) is 0 Å². The Hall–Kier alpha value is -2.77. The van der Waals surface area contributed by atoms with Gasteiger partial charge in [-0.25, -0.2) is 4.79 Å². The molecule has 0 saturated heterocycles. The van der Waals surface area contributed by atoms with Crippen LogP contribution in [0.4, 0.5) is 11.4 Å². The van der Waals surface area contributed by atoms with Gasteiger partial charge in [-0.1, -0.05) is 39.2 Å². The lowest BCUT2D eigenvalue weighted by atomic mass is 10.0. The van der Waals surface area contributed by atoms with Gasteiger partial charge in [0.15, 0.2) is 0 Å². The summed E-state index contributed by atoms with van der Waals surface area (Å²) < 4.78 is 4.85. The average Bonchev–Trinajstić information content (AvgIpc) is 2.54. The molecule has 0 aliphatic carbocycles. The van der Waals surface area contributed by atoms with Crippen LogP contribution in [-0.2, 0) is 11.2 Å². The van der Waals surface area contributed by atoms with Crippen LogP contribution in [0.15, 0.2) is 24.3 Å². The predicted octanol–water partition coefficient (Wildman–Crippen LogP) is 4.74. The topological polar surface area (TPSA) is 113 Å². The SMILES string of the molecule is C/C=C\C(=O)Oc1c([N+](=O)[O-])cc(CCCCCC(C)C)cc1[N+](=O)[O-]. The van der Waals surface area contributed by atoms with Crippen molar-refractivity contribution in [3.8, 4) is 5.75 Å². The van der Waals surface area contributed by atoms with Crippen molar-refractivity contribution in [3.05, 3.63) is 50.1 Å². The second-order valence-corrected chi connectivity index (χ2v) is 6.39. The number of allylic oxidation sites excluding steroid dienone is 1. The molecule has 1 aromatic rings. The molecule has 0 aliphatic rings. The summed E-state index contributed by atoms with van der Waals surface area (Å²) in [5, 5.41) is 22.6. The van der Waals surface area contributed by atoms with Crippen molar-refractivity contribution in [2.45, 2.75) is 52.9 Å². The standard InChI is InChI=1S/C18H24N2O6/c1-4-8-17(21)26-18-15(19(22)23)11-14(12-16(18)20(24)25)10-7-5-6-9-13(2)3/h4,8,11-13H,5-7,9-10H2,1-3H3/b8-4-. The van der Waals surface area contributed by atoms with E-state index in [1.807, 2.05) is 0 Å². The van der Waals surface area contributed by atoms with Gasteiger partial charge in [0, 0.05) is 18.2 Å². The number of ether oxygens (including phenoxy) is 1. The zero-order chi connectivity index (χ0) is 19.7. The minimum atomic E-state index is -0.903. The van der Waals surface area contributed by atoms with Crippen LogP contribution in [0, 0.1) is 26.1 Å². The van der Waals surface area contributed by atoms with E-state index in [0.717, 1.165) is 31.8 Å². The maximum atomic E-state index is 11.6. The quantitative estimate of drug-likeness (QED) is 0.148. The molecule has 8 nitrogen and oxygen atoms in total. The van der Waals surface area contributed by atoms with Gasteiger partial charge in [0.2, 0.25) is 0 Å². The van der Waals surface area contributed by atoms with E-state index >= 15 is 0 Å². The Balaban J connectivity index is 3.06. The molecule has 0 spiro atoms. The van der Waals surface area contributed by atoms with Crippen LogP contribution in [0.1, 0.15) is 52.0 Å². The molecule has 26 heavy (non-hydrogen) atoms. The maximum absolute atomic E-state index is 11.6. The summed E-state index contributed by atoms with van der Waals surface area (Å²) in [5.74, 6) is -0.921. The Morgan fingerprint density at radius 1 is 1.12 bits per heavy atom. The summed E-state index contributed by atoms with van der Waals surface area (Å²) in [4.78, 5) is 32.7. The molecular weight excluding hydrogens is 340 g/mol. The van der Waals surface area contributed by atoms with Crippen LogP contribution < -0.4 is 4.74 Å². The highest BCUT2D eigenvalue weighted by Crippen LogP contribution is 2.38. The number of esters is 1. The average molecular weight is 364 g/mol. The lowest BCUT2D eigenvalue weighted by molar-refractivity contribution is -0.395. The second kappa shape index (κ2) is 10.3. The minimum Gasteiger partial charge on any atom is -0.409 e. The number of rotatable bonds is 10. The van der Waals surface area contributed by atoms with E-state index in [1.54, 1.807) is 6.92 Å². The first-order valence-electron chi connectivity index (χ1n) is 8.56. The number of hydrogen-bond acceptors (Lipinski definition) is 6. The van der Waals surface area contributed by atoms with Crippen LogP contribution >= 0.6 is 0 Å². The number of nitro benzene ring substituents is 2. The first kappa shape index (κ1) is 21.3. The largest absolute Gasteiger partial charge is 0.409 e. The highest BCUT2D eigenvalue weighted by Gasteiger charge is 2.30. The molecule has 0 unspecified atom stereocenters. The van der Waals surface area contributed by atoms with Crippen LogP contribution in [-0.4, -0.2) is 15.8 Å². The van der Waals surface area contributed by atoms with Crippen molar-refractivity contribution < 1.29 is 19.4 Å². The summed E-state index contributed by atoms with van der Waals surface area (Å²) >= 11 is 0. The third kappa shape index (κ3) is 6.62. The zero-order valence-corrected chi connectivity index (χ0v) is 15.3. The molecule has 1 rings (SSSR count). The number of nitrogens with zero attached hydrogens (tertiary/aromatic N) is 2. The molecule has 0 radical (unpaired) electrons. The molecule has 0 heterocycles. The Kier molecular flexibility index (Phi) is 8.41. The molecule has 0 saturated carbocycles. The maximum Gasteiger partial charge on any atom is 0.336 e. The fourth-order valence-corrected chi connectivity index (χ4v) is 2.50. The number of carbonyl (C=O) groups is 1. The van der Waals surface area contributed by atoms with E-state index < -0.39 is 32.9 Å². The van der Waals surface area contributed by atoms with E-state index in [-0.39, 0.29) is 0 Å². The second-order valence-electron chi connectivity index (χ2n) is 6.39. The molecule has 0 bridgehead atoms. The van der Waals surface area contributed by atoms with Crippen molar-refractivity contribution in [1.82, 2.24) is 0 Å². The number of carbonyl (C=O) groups excluding carboxylic acids is 1. The van der Waals surface area contributed by atoms with Gasteiger partial charge in [0.25, 0.3) is 5.75 Å². The van der Waals surface area contributed by atoms with Crippen molar-refractivity contribution in [2.24, 2.45) is 5.92 Å². The van der Waals surface area contributed by atoms with Crippen LogP contribution in [0.25, 0.3) is 0 Å². The number of hydrogen-bond donors (Lipinski definition) is 0. The summed E-state index contributed by atoms with van der Waals surface area (Å²) in [6.45, 7) is 5.84. The molecule has 0 fully saturated rings. The highest BCUT2D eigenvalue weighted by atomic mass is 16.6. The molecule has 0 atom stereocenters. The highest BCUT2D eigenvalue weighted by molar-refractivity contribution is 5.86. The number of nitro groups is 2. The van der Waals surface area contributed by atoms with E-state index in [9.17, 15) is 25.0 Å². The Morgan fingerprint density at radius 2 is 1.69 bits per heavy atom. The Morgan fingerprint density at radius 3 is 2.15 bits per heavy atom. The lowest BCUT2D eigenvalue weighted by Crippen LogP contribution is -2.09. The summed E-state index contributed by atoms with van der Waals surface area (Å²) in [6.07, 6.45) is 6.77. The third-order valence-corrected chi connectivity index (χ3v) is 3.76. The molecule has 0 aliphatic heterocycles. The minimum absolute atomic E-state index is 0.485. The zero-order valence-electron chi connectivity index (χ0n) is 15.3. The van der Waals surface area contributed by atoms with Crippen LogP contribution in [0.2, 0.25) is 0 Å². The smallest absolute Gasteiger partial charge is 0.336 e. The first-order chi connectivity index (χ1) is 12.3. The van der Waals surface area contributed by atoms with Gasteiger partial charge in [0.05, 0.1) is 9.85 Å². The molecule has 8 heteroatoms. The summed E-state index contributed by atoms with van der Waals surface area (Å²) in [5.41, 5.74) is -0.665.